The number of tetrazole rings is 1. The number of nitrogens with zero attached hydrogens (tertiary/aromatic N) is 5. The van der Waals surface area contributed by atoms with E-state index >= 15 is 0 Å². The van der Waals surface area contributed by atoms with Crippen molar-refractivity contribution in [2.75, 3.05) is 26.2 Å². The Morgan fingerprint density at radius 2 is 2.11 bits per heavy atom. The summed E-state index contributed by atoms with van der Waals surface area (Å²) in [6, 6.07) is 5.78. The van der Waals surface area contributed by atoms with Gasteiger partial charge in [-0.05, 0) is 66.9 Å². The lowest BCUT2D eigenvalue weighted by molar-refractivity contribution is -0.136. The SMILES string of the molecule is CCNCC1CCN(C(=O)C(Cc2cccc(F)c2)n2nnnc2C)CC1.Cl. The number of halogens is 2. The average molecular weight is 411 g/mol. The molecule has 2 heterocycles. The number of carbonyl (C=O) groups is 1. The van der Waals surface area contributed by atoms with Crippen LogP contribution in [0.2, 0.25) is 0 Å². The van der Waals surface area contributed by atoms with Crippen molar-refractivity contribution in [1.82, 2.24) is 30.4 Å². The van der Waals surface area contributed by atoms with Crippen molar-refractivity contribution in [3.8, 4) is 0 Å². The first-order valence-electron chi connectivity index (χ1n) is 9.57. The van der Waals surface area contributed by atoms with Crippen molar-refractivity contribution in [1.29, 1.82) is 0 Å². The molecule has 0 spiro atoms. The van der Waals surface area contributed by atoms with Gasteiger partial charge in [-0.3, -0.25) is 4.79 Å². The smallest absolute Gasteiger partial charge is 0.247 e. The molecule has 0 aliphatic carbocycles. The molecule has 28 heavy (non-hydrogen) atoms. The first-order chi connectivity index (χ1) is 13.1. The van der Waals surface area contributed by atoms with E-state index < -0.39 is 6.04 Å². The Balaban J connectivity index is 0.00000280. The van der Waals surface area contributed by atoms with Gasteiger partial charge in [0, 0.05) is 19.5 Å². The Morgan fingerprint density at radius 1 is 1.36 bits per heavy atom. The van der Waals surface area contributed by atoms with Gasteiger partial charge >= 0.3 is 0 Å². The van der Waals surface area contributed by atoms with Crippen molar-refractivity contribution in [3.63, 3.8) is 0 Å². The third kappa shape index (κ3) is 5.48. The molecule has 1 amide bonds. The molecule has 2 aromatic rings. The van der Waals surface area contributed by atoms with Gasteiger partial charge < -0.3 is 10.2 Å². The quantitative estimate of drug-likeness (QED) is 0.757. The minimum Gasteiger partial charge on any atom is -0.341 e. The molecule has 1 N–H and O–H groups in total. The number of aryl methyl sites for hydroxylation is 1. The molecule has 9 heteroatoms. The Kier molecular flexibility index (Phi) is 8.32. The predicted molar refractivity (Wildman–Crippen MR) is 107 cm³/mol. The van der Waals surface area contributed by atoms with Crippen molar-refractivity contribution >= 4 is 18.3 Å². The van der Waals surface area contributed by atoms with Crippen LogP contribution in [0.3, 0.4) is 0 Å². The van der Waals surface area contributed by atoms with E-state index in [2.05, 4.69) is 27.8 Å². The predicted octanol–water partition coefficient (Wildman–Crippen LogP) is 2.17. The number of aromatic nitrogens is 4. The number of benzene rings is 1. The second kappa shape index (κ2) is 10.5. The Morgan fingerprint density at radius 3 is 2.71 bits per heavy atom. The van der Waals surface area contributed by atoms with Gasteiger partial charge in [0.25, 0.3) is 0 Å². The molecular weight excluding hydrogens is 383 g/mol. The van der Waals surface area contributed by atoms with E-state index in [4.69, 9.17) is 0 Å². The largest absolute Gasteiger partial charge is 0.341 e. The summed E-state index contributed by atoms with van der Waals surface area (Å²) in [5.74, 6) is 0.866. The lowest BCUT2D eigenvalue weighted by atomic mass is 9.95. The molecule has 1 aromatic heterocycles. The number of piperidine rings is 1. The summed E-state index contributed by atoms with van der Waals surface area (Å²) in [7, 11) is 0. The van der Waals surface area contributed by atoms with E-state index in [-0.39, 0.29) is 24.1 Å². The summed E-state index contributed by atoms with van der Waals surface area (Å²) in [5.41, 5.74) is 0.755. The van der Waals surface area contributed by atoms with Crippen molar-refractivity contribution in [2.45, 2.75) is 39.2 Å². The van der Waals surface area contributed by atoms with E-state index in [1.54, 1.807) is 17.7 Å². The van der Waals surface area contributed by atoms with Crippen LogP contribution in [0.4, 0.5) is 4.39 Å². The van der Waals surface area contributed by atoms with Crippen LogP contribution < -0.4 is 5.32 Å². The van der Waals surface area contributed by atoms with E-state index in [1.807, 2.05) is 11.0 Å². The van der Waals surface area contributed by atoms with Crippen LogP contribution in [0.5, 0.6) is 0 Å². The number of hydrogen-bond donors (Lipinski definition) is 1. The molecule has 1 aliphatic rings. The zero-order valence-electron chi connectivity index (χ0n) is 16.3. The van der Waals surface area contributed by atoms with Crippen LogP contribution in [0, 0.1) is 18.7 Å². The van der Waals surface area contributed by atoms with Crippen LogP contribution in [0.15, 0.2) is 24.3 Å². The normalized spacial score (nSPS) is 15.9. The highest BCUT2D eigenvalue weighted by molar-refractivity contribution is 5.85. The molecule has 1 aliphatic heterocycles. The summed E-state index contributed by atoms with van der Waals surface area (Å²) in [6.45, 7) is 7.30. The monoisotopic (exact) mass is 410 g/mol. The Labute approximate surface area is 171 Å². The number of likely N-dealkylation sites (tertiary alicyclic amines) is 1. The summed E-state index contributed by atoms with van der Waals surface area (Å²) in [6.07, 6.45) is 2.33. The van der Waals surface area contributed by atoms with Gasteiger partial charge in [0.15, 0.2) is 0 Å². The lowest BCUT2D eigenvalue weighted by Crippen LogP contribution is -2.44. The standard InChI is InChI=1S/C19H27FN6O.ClH/c1-3-21-13-15-7-9-25(10-8-15)19(27)18(26-14(2)22-23-24-26)12-16-5-4-6-17(20)11-16;/h4-6,11,15,18,21H,3,7-10,12-13H2,1-2H3;1H. The van der Waals surface area contributed by atoms with Crippen molar-refractivity contribution in [3.05, 3.63) is 41.5 Å². The van der Waals surface area contributed by atoms with Gasteiger partial charge in [-0.2, -0.15) is 0 Å². The van der Waals surface area contributed by atoms with Crippen LogP contribution in [0.1, 0.15) is 37.2 Å². The van der Waals surface area contributed by atoms with Gasteiger partial charge in [0.1, 0.15) is 17.7 Å². The zero-order chi connectivity index (χ0) is 19.2. The highest BCUT2D eigenvalue weighted by Gasteiger charge is 2.31. The summed E-state index contributed by atoms with van der Waals surface area (Å²) in [5, 5.41) is 15.0. The minimum atomic E-state index is -0.563. The second-order valence-corrected chi connectivity index (χ2v) is 7.10. The third-order valence-corrected chi connectivity index (χ3v) is 5.16. The molecule has 0 saturated carbocycles. The fourth-order valence-corrected chi connectivity index (χ4v) is 3.61. The van der Waals surface area contributed by atoms with E-state index in [9.17, 15) is 9.18 Å². The summed E-state index contributed by atoms with van der Waals surface area (Å²) < 4.78 is 15.1. The van der Waals surface area contributed by atoms with E-state index in [1.165, 1.54) is 12.1 Å². The number of nitrogens with one attached hydrogen (secondary N) is 1. The highest BCUT2D eigenvalue weighted by atomic mass is 35.5. The van der Waals surface area contributed by atoms with Crippen LogP contribution in [-0.2, 0) is 11.2 Å². The van der Waals surface area contributed by atoms with Crippen LogP contribution in [-0.4, -0.2) is 57.2 Å². The molecule has 7 nitrogen and oxygen atoms in total. The molecule has 1 saturated heterocycles. The molecule has 1 fully saturated rings. The van der Waals surface area contributed by atoms with E-state index in [0.29, 0.717) is 18.2 Å². The maximum atomic E-state index is 13.6. The third-order valence-electron chi connectivity index (χ3n) is 5.16. The topological polar surface area (TPSA) is 75.9 Å². The van der Waals surface area contributed by atoms with Gasteiger partial charge in [0.05, 0.1) is 0 Å². The van der Waals surface area contributed by atoms with Gasteiger partial charge in [-0.25, -0.2) is 9.07 Å². The Hall–Kier alpha value is -2.06. The maximum absolute atomic E-state index is 13.6. The Bertz CT molecular complexity index is 762. The lowest BCUT2D eigenvalue weighted by Gasteiger charge is -2.34. The molecule has 154 valence electrons. The molecule has 0 bridgehead atoms. The number of rotatable bonds is 7. The zero-order valence-corrected chi connectivity index (χ0v) is 17.2. The first-order valence-corrected chi connectivity index (χ1v) is 9.57. The number of amides is 1. The second-order valence-electron chi connectivity index (χ2n) is 7.10. The fourth-order valence-electron chi connectivity index (χ4n) is 3.61. The van der Waals surface area contributed by atoms with Crippen molar-refractivity contribution < 1.29 is 9.18 Å². The summed E-state index contributed by atoms with van der Waals surface area (Å²) in [4.78, 5) is 15.2. The van der Waals surface area contributed by atoms with Gasteiger partial charge in [-0.1, -0.05) is 19.1 Å². The van der Waals surface area contributed by atoms with Crippen LogP contribution in [0.25, 0.3) is 0 Å². The molecule has 0 radical (unpaired) electrons. The molecule has 1 unspecified atom stereocenters. The fraction of sp³-hybridized carbons (Fsp3) is 0.579. The number of hydrogen-bond acceptors (Lipinski definition) is 5. The van der Waals surface area contributed by atoms with E-state index in [0.717, 1.165) is 44.6 Å². The molecular formula is C19H28ClFN6O. The van der Waals surface area contributed by atoms with Gasteiger partial charge in [0.2, 0.25) is 5.91 Å². The molecule has 3 rings (SSSR count). The van der Waals surface area contributed by atoms with Gasteiger partial charge in [-0.15, -0.1) is 17.5 Å². The average Bonchev–Trinajstić information content (AvgIpc) is 3.10. The molecule has 1 aromatic carbocycles. The number of carbonyl (C=O) groups excluding carboxylic acids is 1. The van der Waals surface area contributed by atoms with Crippen LogP contribution >= 0.6 is 12.4 Å². The minimum absolute atomic E-state index is 0. The maximum Gasteiger partial charge on any atom is 0.247 e. The molecule has 1 atom stereocenters. The van der Waals surface area contributed by atoms with Crippen molar-refractivity contribution in [2.24, 2.45) is 5.92 Å². The summed E-state index contributed by atoms with van der Waals surface area (Å²) >= 11 is 0. The first kappa shape index (κ1) is 22.2. The highest BCUT2D eigenvalue weighted by Crippen LogP contribution is 2.23.